The molecule has 4 heteroatoms. The van der Waals surface area contributed by atoms with Gasteiger partial charge in [-0.25, -0.2) is 0 Å². The molecule has 0 spiro atoms. The second kappa shape index (κ2) is 11.7. The summed E-state index contributed by atoms with van der Waals surface area (Å²) in [5.41, 5.74) is 6.14. The van der Waals surface area contributed by atoms with Crippen molar-refractivity contribution in [1.29, 1.82) is 0 Å². The molecule has 0 radical (unpaired) electrons. The first-order chi connectivity index (χ1) is 14.7. The Bertz CT molecular complexity index is 786. The summed E-state index contributed by atoms with van der Waals surface area (Å²) in [6, 6.07) is 16.4. The summed E-state index contributed by atoms with van der Waals surface area (Å²) in [5, 5.41) is 0. The lowest BCUT2D eigenvalue weighted by atomic mass is 10.0. The van der Waals surface area contributed by atoms with Crippen molar-refractivity contribution < 1.29 is 14.0 Å². The number of ether oxygens (including phenoxy) is 1. The molecular formula is C27H40O3Si. The molecule has 2 aromatic carbocycles. The molecule has 0 bridgehead atoms. The highest BCUT2D eigenvalue weighted by Gasteiger charge is 2.44. The minimum Gasteiger partial charge on any atom is -0.412 e. The van der Waals surface area contributed by atoms with E-state index in [2.05, 4.69) is 65.8 Å². The highest BCUT2D eigenvalue weighted by atomic mass is 28.4. The van der Waals surface area contributed by atoms with Gasteiger partial charge in [0.05, 0.1) is 13.2 Å². The third-order valence-electron chi connectivity index (χ3n) is 6.36. The van der Waals surface area contributed by atoms with Crippen molar-refractivity contribution in [2.24, 2.45) is 0 Å². The Labute approximate surface area is 190 Å². The van der Waals surface area contributed by atoms with Crippen LogP contribution >= 0.6 is 0 Å². The molecule has 0 atom stereocenters. The van der Waals surface area contributed by atoms with E-state index in [9.17, 15) is 4.79 Å². The Kier molecular flexibility index (Phi) is 9.67. The van der Waals surface area contributed by atoms with Crippen LogP contribution in [-0.4, -0.2) is 21.2 Å². The summed E-state index contributed by atoms with van der Waals surface area (Å²) >= 11 is 0. The van der Waals surface area contributed by atoms with Crippen molar-refractivity contribution in [3.05, 3.63) is 70.8 Å². The van der Waals surface area contributed by atoms with E-state index in [1.807, 2.05) is 24.3 Å². The molecule has 0 saturated heterocycles. The minimum atomic E-state index is -1.86. The SMILES string of the molecule is COCc1ccc(CC(=O)Cc2ccc(CO[Si](C(C)C)(C(C)C)C(C)C)cc2)cc1. The third-order valence-corrected chi connectivity index (χ3v) is 12.4. The number of hydrogen-bond acceptors (Lipinski definition) is 3. The van der Waals surface area contributed by atoms with E-state index in [4.69, 9.17) is 9.16 Å². The number of carbonyl (C=O) groups excluding carboxylic acids is 1. The van der Waals surface area contributed by atoms with Crippen LogP contribution in [0.15, 0.2) is 48.5 Å². The Morgan fingerprint density at radius 2 is 1.03 bits per heavy atom. The van der Waals surface area contributed by atoms with Crippen LogP contribution in [-0.2, 0) is 40.0 Å². The minimum absolute atomic E-state index is 0.231. The molecule has 2 aromatic rings. The lowest BCUT2D eigenvalue weighted by molar-refractivity contribution is -0.117. The summed E-state index contributed by atoms with van der Waals surface area (Å²) in [6.07, 6.45) is 0.924. The molecule has 3 nitrogen and oxygen atoms in total. The zero-order chi connectivity index (χ0) is 23.0. The van der Waals surface area contributed by atoms with Gasteiger partial charge in [0.15, 0.2) is 0 Å². The standard InChI is InChI=1S/C27H40O3Si/c1-20(2)31(21(3)4,22(5)6)30-19-26-14-10-24(11-15-26)17-27(28)16-23-8-12-25(13-9-23)18-29-7/h8-15,20-22H,16-19H2,1-7H3. The smallest absolute Gasteiger partial charge is 0.200 e. The molecule has 0 aromatic heterocycles. The predicted molar refractivity (Wildman–Crippen MR) is 132 cm³/mol. The van der Waals surface area contributed by atoms with Crippen molar-refractivity contribution >= 4 is 14.1 Å². The molecule has 0 aliphatic heterocycles. The van der Waals surface area contributed by atoms with Gasteiger partial charge >= 0.3 is 0 Å². The first-order valence-corrected chi connectivity index (χ1v) is 13.6. The van der Waals surface area contributed by atoms with Crippen LogP contribution in [0.2, 0.25) is 16.6 Å². The summed E-state index contributed by atoms with van der Waals surface area (Å²) in [6.45, 7) is 15.1. The molecule has 0 unspecified atom stereocenters. The zero-order valence-corrected chi connectivity index (χ0v) is 21.4. The normalized spacial score (nSPS) is 12.2. The van der Waals surface area contributed by atoms with E-state index in [0.29, 0.717) is 42.7 Å². The van der Waals surface area contributed by atoms with E-state index < -0.39 is 8.32 Å². The second-order valence-electron chi connectivity index (χ2n) is 9.56. The van der Waals surface area contributed by atoms with E-state index in [0.717, 1.165) is 16.7 Å². The fourth-order valence-corrected chi connectivity index (χ4v) is 10.3. The van der Waals surface area contributed by atoms with Crippen LogP contribution < -0.4 is 0 Å². The van der Waals surface area contributed by atoms with Crippen LogP contribution in [0.3, 0.4) is 0 Å². The van der Waals surface area contributed by atoms with Gasteiger partial charge in [-0.2, -0.15) is 0 Å². The van der Waals surface area contributed by atoms with Gasteiger partial charge in [-0.15, -0.1) is 0 Å². The Morgan fingerprint density at radius 1 is 0.677 bits per heavy atom. The average Bonchev–Trinajstić information content (AvgIpc) is 2.70. The zero-order valence-electron chi connectivity index (χ0n) is 20.4. The third kappa shape index (κ3) is 6.86. The molecule has 0 aliphatic rings. The van der Waals surface area contributed by atoms with Gasteiger partial charge in [0.2, 0.25) is 8.32 Å². The van der Waals surface area contributed by atoms with Crippen LogP contribution in [0.5, 0.6) is 0 Å². The number of methoxy groups -OCH3 is 1. The molecule has 0 N–H and O–H groups in total. The number of Topliss-reactive ketones (excluding diaryl/α,β-unsaturated/α-hetero) is 1. The fraction of sp³-hybridized carbons (Fsp3) is 0.519. The number of hydrogen-bond donors (Lipinski definition) is 0. The topological polar surface area (TPSA) is 35.5 Å². The second-order valence-corrected chi connectivity index (χ2v) is 15.0. The molecule has 0 heterocycles. The maximum atomic E-state index is 12.5. The maximum absolute atomic E-state index is 12.5. The van der Waals surface area contributed by atoms with Crippen molar-refractivity contribution in [3.63, 3.8) is 0 Å². The first-order valence-electron chi connectivity index (χ1n) is 11.5. The monoisotopic (exact) mass is 440 g/mol. The van der Waals surface area contributed by atoms with E-state index in [1.54, 1.807) is 7.11 Å². The highest BCUT2D eigenvalue weighted by molar-refractivity contribution is 6.77. The Hall–Kier alpha value is -1.75. The highest BCUT2D eigenvalue weighted by Crippen LogP contribution is 2.42. The maximum Gasteiger partial charge on any atom is 0.200 e. The number of rotatable bonds is 12. The largest absolute Gasteiger partial charge is 0.412 e. The van der Waals surface area contributed by atoms with E-state index in [1.165, 1.54) is 5.56 Å². The number of benzene rings is 2. The molecule has 0 amide bonds. The molecule has 2 rings (SSSR count). The Morgan fingerprint density at radius 3 is 1.39 bits per heavy atom. The van der Waals surface area contributed by atoms with Crippen molar-refractivity contribution in [3.8, 4) is 0 Å². The molecular weight excluding hydrogens is 400 g/mol. The van der Waals surface area contributed by atoms with Crippen molar-refractivity contribution in [1.82, 2.24) is 0 Å². The van der Waals surface area contributed by atoms with Gasteiger partial charge in [0.25, 0.3) is 0 Å². The van der Waals surface area contributed by atoms with Gasteiger partial charge in [-0.05, 0) is 38.9 Å². The first kappa shape index (κ1) is 25.5. The molecule has 170 valence electrons. The van der Waals surface area contributed by atoms with Crippen LogP contribution in [0.25, 0.3) is 0 Å². The molecule has 0 fully saturated rings. The lowest BCUT2D eigenvalue weighted by Gasteiger charge is -2.42. The van der Waals surface area contributed by atoms with Crippen molar-refractivity contribution in [2.45, 2.75) is 84.2 Å². The molecule has 0 saturated carbocycles. The van der Waals surface area contributed by atoms with Gasteiger partial charge in [0.1, 0.15) is 5.78 Å². The fourth-order valence-electron chi connectivity index (χ4n) is 4.90. The molecule has 31 heavy (non-hydrogen) atoms. The summed E-state index contributed by atoms with van der Waals surface area (Å²) < 4.78 is 11.8. The number of carbonyl (C=O) groups is 1. The van der Waals surface area contributed by atoms with Gasteiger partial charge in [-0.1, -0.05) is 90.1 Å². The molecule has 0 aliphatic carbocycles. The van der Waals surface area contributed by atoms with Crippen LogP contribution in [0, 0.1) is 0 Å². The van der Waals surface area contributed by atoms with Gasteiger partial charge in [0, 0.05) is 20.0 Å². The van der Waals surface area contributed by atoms with Gasteiger partial charge < -0.3 is 9.16 Å². The average molecular weight is 441 g/mol. The summed E-state index contributed by atoms with van der Waals surface area (Å²) in [5.74, 6) is 0.231. The van der Waals surface area contributed by atoms with Gasteiger partial charge in [-0.3, -0.25) is 4.79 Å². The van der Waals surface area contributed by atoms with Crippen molar-refractivity contribution in [2.75, 3.05) is 7.11 Å². The van der Waals surface area contributed by atoms with E-state index in [-0.39, 0.29) is 5.78 Å². The van der Waals surface area contributed by atoms with Crippen LogP contribution in [0.1, 0.15) is 63.8 Å². The number of ketones is 1. The summed E-state index contributed by atoms with van der Waals surface area (Å²) in [7, 11) is -0.178. The summed E-state index contributed by atoms with van der Waals surface area (Å²) in [4.78, 5) is 12.5. The Balaban J connectivity index is 1.94. The van der Waals surface area contributed by atoms with E-state index >= 15 is 0 Å². The quantitative estimate of drug-likeness (QED) is 0.337. The predicted octanol–water partition coefficient (Wildman–Crippen LogP) is 6.88. The van der Waals surface area contributed by atoms with Crippen LogP contribution in [0.4, 0.5) is 0 Å². The lowest BCUT2D eigenvalue weighted by Crippen LogP contribution is -2.47.